The van der Waals surface area contributed by atoms with E-state index in [9.17, 15) is 9.90 Å². The first kappa shape index (κ1) is 15.6. The first-order valence-electron chi connectivity index (χ1n) is 8.73. The predicted octanol–water partition coefficient (Wildman–Crippen LogP) is 1.32. The molecular formula is C18H24N4O2. The molecule has 2 saturated heterocycles. The van der Waals surface area contributed by atoms with Crippen LogP contribution in [-0.4, -0.2) is 68.5 Å². The highest BCUT2D eigenvalue weighted by Crippen LogP contribution is 2.25. The van der Waals surface area contributed by atoms with E-state index in [0.29, 0.717) is 31.7 Å². The molecule has 1 amide bonds. The number of nitrogens with zero attached hydrogens (tertiary/aromatic N) is 4. The van der Waals surface area contributed by atoms with E-state index in [1.54, 1.807) is 11.1 Å². The minimum atomic E-state index is -0.783. The second kappa shape index (κ2) is 5.86. The van der Waals surface area contributed by atoms with Crippen LogP contribution in [0, 0.1) is 6.92 Å². The molecule has 1 atom stereocenters. The summed E-state index contributed by atoms with van der Waals surface area (Å²) in [6, 6.07) is 5.83. The van der Waals surface area contributed by atoms with Crippen LogP contribution in [0.2, 0.25) is 0 Å². The number of imidazole rings is 1. The fraction of sp³-hybridized carbons (Fsp3) is 0.556. The van der Waals surface area contributed by atoms with Crippen molar-refractivity contribution in [1.29, 1.82) is 0 Å². The average molecular weight is 328 g/mol. The van der Waals surface area contributed by atoms with Gasteiger partial charge in [-0.15, -0.1) is 0 Å². The number of likely N-dealkylation sites (tertiary alicyclic amines) is 2. The number of pyridine rings is 1. The normalized spacial score (nSPS) is 25.0. The molecule has 6 heteroatoms. The average Bonchev–Trinajstić information content (AvgIpc) is 3.27. The van der Waals surface area contributed by atoms with Crippen molar-refractivity contribution in [3.05, 3.63) is 35.8 Å². The smallest absolute Gasteiger partial charge is 0.274 e. The van der Waals surface area contributed by atoms with Crippen LogP contribution in [0.4, 0.5) is 0 Å². The maximum absolute atomic E-state index is 12.8. The van der Waals surface area contributed by atoms with Crippen LogP contribution in [0.25, 0.3) is 5.65 Å². The number of fused-ring (bicyclic) bond motifs is 1. The van der Waals surface area contributed by atoms with Gasteiger partial charge >= 0.3 is 0 Å². The summed E-state index contributed by atoms with van der Waals surface area (Å²) in [6.07, 6.45) is 4.85. The molecule has 2 aliphatic rings. The molecule has 24 heavy (non-hydrogen) atoms. The van der Waals surface area contributed by atoms with E-state index in [2.05, 4.69) is 9.88 Å². The SMILES string of the molecule is Cc1cccc2nc(C(=O)N3CC[C@](O)(CN4CCCC4)C3)cn12. The summed E-state index contributed by atoms with van der Waals surface area (Å²) >= 11 is 0. The van der Waals surface area contributed by atoms with Crippen molar-refractivity contribution in [2.75, 3.05) is 32.7 Å². The van der Waals surface area contributed by atoms with Gasteiger partial charge in [0.1, 0.15) is 11.3 Å². The Bertz CT molecular complexity index is 765. The van der Waals surface area contributed by atoms with Gasteiger partial charge in [-0.05, 0) is 51.4 Å². The second-order valence-corrected chi connectivity index (χ2v) is 7.21. The van der Waals surface area contributed by atoms with E-state index in [0.717, 1.165) is 24.4 Å². The zero-order valence-electron chi connectivity index (χ0n) is 14.1. The lowest BCUT2D eigenvalue weighted by atomic mass is 10.0. The van der Waals surface area contributed by atoms with Gasteiger partial charge in [0.25, 0.3) is 5.91 Å². The van der Waals surface area contributed by atoms with Crippen molar-refractivity contribution in [3.63, 3.8) is 0 Å². The molecule has 1 N–H and O–H groups in total. The van der Waals surface area contributed by atoms with Gasteiger partial charge in [-0.1, -0.05) is 6.07 Å². The van der Waals surface area contributed by atoms with Crippen LogP contribution < -0.4 is 0 Å². The Kier molecular flexibility index (Phi) is 3.81. The molecule has 0 spiro atoms. The number of β-amino-alcohol motifs (C(OH)–C–C–N with tert-alkyl or cyclic N) is 1. The minimum Gasteiger partial charge on any atom is -0.387 e. The summed E-state index contributed by atoms with van der Waals surface area (Å²) in [5.41, 5.74) is 1.50. The number of rotatable bonds is 3. The molecule has 0 saturated carbocycles. The van der Waals surface area contributed by atoms with E-state index >= 15 is 0 Å². The van der Waals surface area contributed by atoms with Crippen molar-refractivity contribution in [2.45, 2.75) is 31.8 Å². The highest BCUT2D eigenvalue weighted by molar-refractivity contribution is 5.93. The first-order valence-corrected chi connectivity index (χ1v) is 8.73. The molecular weight excluding hydrogens is 304 g/mol. The lowest BCUT2D eigenvalue weighted by Crippen LogP contribution is -2.45. The first-order chi connectivity index (χ1) is 11.5. The Balaban J connectivity index is 1.49. The van der Waals surface area contributed by atoms with Crippen molar-refractivity contribution >= 4 is 11.6 Å². The standard InChI is InChI=1S/C18H24N4O2/c1-14-5-4-6-16-19-15(11-22(14)16)17(23)21-10-7-18(24,13-21)12-20-8-2-3-9-20/h4-6,11,24H,2-3,7-10,12-13H2,1H3/t18-/m0/s1. The molecule has 0 unspecified atom stereocenters. The summed E-state index contributed by atoms with van der Waals surface area (Å²) < 4.78 is 1.93. The zero-order chi connectivity index (χ0) is 16.7. The van der Waals surface area contributed by atoms with Crippen LogP contribution >= 0.6 is 0 Å². The van der Waals surface area contributed by atoms with E-state index in [1.807, 2.05) is 29.5 Å². The third kappa shape index (κ3) is 2.80. The van der Waals surface area contributed by atoms with Crippen LogP contribution in [0.1, 0.15) is 35.4 Å². The second-order valence-electron chi connectivity index (χ2n) is 7.21. The topological polar surface area (TPSA) is 61.1 Å². The quantitative estimate of drug-likeness (QED) is 0.923. The molecule has 0 aromatic carbocycles. The molecule has 2 fully saturated rings. The fourth-order valence-electron chi connectivity index (χ4n) is 3.93. The summed E-state index contributed by atoms with van der Waals surface area (Å²) in [5, 5.41) is 10.8. The van der Waals surface area contributed by atoms with E-state index in [-0.39, 0.29) is 5.91 Å². The number of hydrogen-bond acceptors (Lipinski definition) is 4. The highest BCUT2D eigenvalue weighted by atomic mass is 16.3. The third-order valence-electron chi connectivity index (χ3n) is 5.25. The van der Waals surface area contributed by atoms with Gasteiger partial charge in [0.2, 0.25) is 0 Å². The zero-order valence-corrected chi connectivity index (χ0v) is 14.1. The van der Waals surface area contributed by atoms with Gasteiger partial charge in [0.15, 0.2) is 0 Å². The van der Waals surface area contributed by atoms with Gasteiger partial charge in [0, 0.05) is 25.0 Å². The molecule has 0 aliphatic carbocycles. The highest BCUT2D eigenvalue weighted by Gasteiger charge is 2.40. The van der Waals surface area contributed by atoms with Gasteiger partial charge < -0.3 is 19.3 Å². The van der Waals surface area contributed by atoms with Crippen molar-refractivity contribution in [3.8, 4) is 0 Å². The molecule has 2 aromatic rings. The monoisotopic (exact) mass is 328 g/mol. The molecule has 2 aliphatic heterocycles. The molecule has 2 aromatic heterocycles. The predicted molar refractivity (Wildman–Crippen MR) is 91.1 cm³/mol. The third-order valence-corrected chi connectivity index (χ3v) is 5.25. The van der Waals surface area contributed by atoms with Crippen molar-refractivity contribution in [1.82, 2.24) is 19.2 Å². The number of amides is 1. The molecule has 6 nitrogen and oxygen atoms in total. The van der Waals surface area contributed by atoms with Gasteiger partial charge in [0.05, 0.1) is 12.1 Å². The van der Waals surface area contributed by atoms with Gasteiger partial charge in [-0.3, -0.25) is 4.79 Å². The maximum atomic E-state index is 12.8. The summed E-state index contributed by atoms with van der Waals surface area (Å²) in [6.45, 7) is 5.77. The lowest BCUT2D eigenvalue weighted by molar-refractivity contribution is 0.0175. The Labute approximate surface area is 141 Å². The number of aryl methyl sites for hydroxylation is 1. The Morgan fingerprint density at radius 3 is 2.83 bits per heavy atom. The molecule has 128 valence electrons. The van der Waals surface area contributed by atoms with Crippen LogP contribution in [0.5, 0.6) is 0 Å². The fourth-order valence-corrected chi connectivity index (χ4v) is 3.93. The number of aromatic nitrogens is 2. The van der Waals surface area contributed by atoms with E-state index < -0.39 is 5.60 Å². The lowest BCUT2D eigenvalue weighted by Gasteiger charge is -2.28. The van der Waals surface area contributed by atoms with E-state index in [4.69, 9.17) is 0 Å². The van der Waals surface area contributed by atoms with Gasteiger partial charge in [-0.2, -0.15) is 0 Å². The summed E-state index contributed by atoms with van der Waals surface area (Å²) in [7, 11) is 0. The Morgan fingerprint density at radius 2 is 2.08 bits per heavy atom. The molecule has 0 radical (unpaired) electrons. The Hall–Kier alpha value is -1.92. The molecule has 4 heterocycles. The van der Waals surface area contributed by atoms with Crippen LogP contribution in [0.3, 0.4) is 0 Å². The molecule has 0 bridgehead atoms. The van der Waals surface area contributed by atoms with Crippen LogP contribution in [-0.2, 0) is 0 Å². The Morgan fingerprint density at radius 1 is 1.29 bits per heavy atom. The summed E-state index contributed by atoms with van der Waals surface area (Å²) in [5.74, 6) is -0.0875. The number of carbonyl (C=O) groups is 1. The minimum absolute atomic E-state index is 0.0875. The largest absolute Gasteiger partial charge is 0.387 e. The van der Waals surface area contributed by atoms with E-state index in [1.165, 1.54) is 12.8 Å². The van der Waals surface area contributed by atoms with Crippen molar-refractivity contribution < 1.29 is 9.90 Å². The maximum Gasteiger partial charge on any atom is 0.274 e. The number of aliphatic hydroxyl groups is 1. The van der Waals surface area contributed by atoms with Gasteiger partial charge in [-0.25, -0.2) is 4.98 Å². The molecule has 4 rings (SSSR count). The number of hydrogen-bond donors (Lipinski definition) is 1. The van der Waals surface area contributed by atoms with Crippen LogP contribution in [0.15, 0.2) is 24.4 Å². The van der Waals surface area contributed by atoms with Crippen molar-refractivity contribution in [2.24, 2.45) is 0 Å². The summed E-state index contributed by atoms with van der Waals surface area (Å²) in [4.78, 5) is 21.3. The number of carbonyl (C=O) groups excluding carboxylic acids is 1.